The van der Waals surface area contributed by atoms with Crippen molar-refractivity contribution in [2.75, 3.05) is 31.7 Å². The maximum Gasteiger partial charge on any atom is 0.0637 e. The second-order valence-corrected chi connectivity index (χ2v) is 3.86. The van der Waals surface area contributed by atoms with Gasteiger partial charge in [0.15, 0.2) is 0 Å². The topological polar surface area (TPSA) is 12.5 Å². The molecule has 0 aliphatic carbocycles. The van der Waals surface area contributed by atoms with Gasteiger partial charge in [-0.25, -0.2) is 0 Å². The molecule has 1 aromatic rings. The molecule has 0 fully saturated rings. The summed E-state index contributed by atoms with van der Waals surface area (Å²) < 4.78 is 5.12. The fourth-order valence-corrected chi connectivity index (χ4v) is 1.81. The molecule has 0 aromatic heterocycles. The van der Waals surface area contributed by atoms with Crippen molar-refractivity contribution in [3.63, 3.8) is 0 Å². The molecule has 0 aliphatic rings. The van der Waals surface area contributed by atoms with Crippen molar-refractivity contribution >= 4 is 5.69 Å². The maximum absolute atomic E-state index is 5.12. The Hall–Kier alpha value is -1.02. The lowest BCUT2D eigenvalue weighted by Crippen LogP contribution is -2.27. The van der Waals surface area contributed by atoms with E-state index in [1.165, 1.54) is 16.8 Å². The van der Waals surface area contributed by atoms with E-state index in [0.717, 1.165) is 19.7 Å². The molecule has 2 heteroatoms. The fourth-order valence-electron chi connectivity index (χ4n) is 1.81. The zero-order chi connectivity index (χ0) is 11.3. The molecule has 0 saturated carbocycles. The summed E-state index contributed by atoms with van der Waals surface area (Å²) in [5, 5.41) is 0. The molecule has 0 heterocycles. The average Bonchev–Trinajstić information content (AvgIpc) is 2.21. The lowest BCUT2D eigenvalue weighted by Gasteiger charge is -2.24. The van der Waals surface area contributed by atoms with Gasteiger partial charge >= 0.3 is 0 Å². The van der Waals surface area contributed by atoms with Crippen LogP contribution >= 0.6 is 0 Å². The number of nitrogens with zero attached hydrogens (tertiary/aromatic N) is 1. The van der Waals surface area contributed by atoms with E-state index in [1.54, 1.807) is 7.11 Å². The first-order valence-electron chi connectivity index (χ1n) is 5.50. The van der Waals surface area contributed by atoms with Gasteiger partial charge in [0.2, 0.25) is 0 Å². The molecule has 2 nitrogen and oxygen atoms in total. The number of benzene rings is 1. The Kier molecular flexibility index (Phi) is 4.63. The standard InChI is InChI=1S/C13H21NO/c1-5-14(8-9-15-4)13-7-6-11(2)10-12(13)3/h6-7,10H,5,8-9H2,1-4H3. The highest BCUT2D eigenvalue weighted by Crippen LogP contribution is 2.20. The van der Waals surface area contributed by atoms with Crippen LogP contribution in [0.1, 0.15) is 18.1 Å². The van der Waals surface area contributed by atoms with Gasteiger partial charge in [-0.1, -0.05) is 17.7 Å². The summed E-state index contributed by atoms with van der Waals surface area (Å²) in [5.74, 6) is 0. The third kappa shape index (κ3) is 3.24. The van der Waals surface area contributed by atoms with Gasteiger partial charge in [0, 0.05) is 25.9 Å². The molecule has 0 spiro atoms. The van der Waals surface area contributed by atoms with Crippen molar-refractivity contribution in [1.82, 2.24) is 0 Å². The first kappa shape index (κ1) is 12.1. The quantitative estimate of drug-likeness (QED) is 0.736. The molecule has 0 bridgehead atoms. The van der Waals surface area contributed by atoms with Gasteiger partial charge in [-0.05, 0) is 32.4 Å². The fraction of sp³-hybridized carbons (Fsp3) is 0.538. The van der Waals surface area contributed by atoms with Crippen molar-refractivity contribution in [3.8, 4) is 0 Å². The molecule has 0 atom stereocenters. The van der Waals surface area contributed by atoms with Crippen LogP contribution in [0.5, 0.6) is 0 Å². The molecule has 0 aliphatic heterocycles. The second-order valence-electron chi connectivity index (χ2n) is 3.86. The van der Waals surface area contributed by atoms with Crippen LogP contribution in [0, 0.1) is 13.8 Å². The van der Waals surface area contributed by atoms with E-state index in [9.17, 15) is 0 Å². The molecule has 15 heavy (non-hydrogen) atoms. The van der Waals surface area contributed by atoms with Crippen molar-refractivity contribution < 1.29 is 4.74 Å². The molecule has 84 valence electrons. The average molecular weight is 207 g/mol. The highest BCUT2D eigenvalue weighted by molar-refractivity contribution is 5.54. The number of ether oxygens (including phenoxy) is 1. The van der Waals surface area contributed by atoms with Crippen LogP contribution in [0.4, 0.5) is 5.69 Å². The van der Waals surface area contributed by atoms with Crippen LogP contribution in [0.15, 0.2) is 18.2 Å². The van der Waals surface area contributed by atoms with Gasteiger partial charge in [-0.3, -0.25) is 0 Å². The summed E-state index contributed by atoms with van der Waals surface area (Å²) in [6.07, 6.45) is 0. The van der Waals surface area contributed by atoms with E-state index in [1.807, 2.05) is 0 Å². The summed E-state index contributed by atoms with van der Waals surface area (Å²) in [6, 6.07) is 6.59. The number of likely N-dealkylation sites (N-methyl/N-ethyl adjacent to an activating group) is 1. The van der Waals surface area contributed by atoms with Crippen molar-refractivity contribution in [1.29, 1.82) is 0 Å². The normalized spacial score (nSPS) is 10.4. The molecule has 0 N–H and O–H groups in total. The monoisotopic (exact) mass is 207 g/mol. The number of aryl methyl sites for hydroxylation is 2. The summed E-state index contributed by atoms with van der Waals surface area (Å²) >= 11 is 0. The summed E-state index contributed by atoms with van der Waals surface area (Å²) in [5.41, 5.74) is 3.98. The van der Waals surface area contributed by atoms with Gasteiger partial charge in [-0.15, -0.1) is 0 Å². The Balaban J connectivity index is 2.81. The molecule has 1 rings (SSSR count). The van der Waals surface area contributed by atoms with Crippen molar-refractivity contribution in [2.24, 2.45) is 0 Å². The van der Waals surface area contributed by atoms with Gasteiger partial charge in [0.25, 0.3) is 0 Å². The maximum atomic E-state index is 5.12. The Morgan fingerprint density at radius 2 is 2.00 bits per heavy atom. The van der Waals surface area contributed by atoms with Gasteiger partial charge in [0.05, 0.1) is 6.61 Å². The molecule has 0 radical (unpaired) electrons. The summed E-state index contributed by atoms with van der Waals surface area (Å²) in [4.78, 5) is 2.35. The summed E-state index contributed by atoms with van der Waals surface area (Å²) in [7, 11) is 1.75. The van der Waals surface area contributed by atoms with Gasteiger partial charge in [0.1, 0.15) is 0 Å². The van der Waals surface area contributed by atoms with Crippen LogP contribution in [-0.4, -0.2) is 26.8 Å². The predicted octanol–water partition coefficient (Wildman–Crippen LogP) is 2.78. The first-order valence-corrected chi connectivity index (χ1v) is 5.50. The van der Waals surface area contributed by atoms with E-state index in [2.05, 4.69) is 43.9 Å². The highest BCUT2D eigenvalue weighted by atomic mass is 16.5. The minimum atomic E-state index is 0.779. The minimum Gasteiger partial charge on any atom is -0.383 e. The lowest BCUT2D eigenvalue weighted by molar-refractivity contribution is 0.205. The zero-order valence-electron chi connectivity index (χ0n) is 10.2. The predicted molar refractivity (Wildman–Crippen MR) is 65.7 cm³/mol. The highest BCUT2D eigenvalue weighted by Gasteiger charge is 2.06. The van der Waals surface area contributed by atoms with Gasteiger partial charge < -0.3 is 9.64 Å². The Labute approximate surface area is 92.9 Å². The van der Waals surface area contributed by atoms with E-state index in [0.29, 0.717) is 0 Å². The van der Waals surface area contributed by atoms with Crippen molar-refractivity contribution in [2.45, 2.75) is 20.8 Å². The summed E-state index contributed by atoms with van der Waals surface area (Å²) in [6.45, 7) is 9.22. The molecular weight excluding hydrogens is 186 g/mol. The van der Waals surface area contributed by atoms with Gasteiger partial charge in [-0.2, -0.15) is 0 Å². The Bertz CT molecular complexity index is 309. The number of rotatable bonds is 5. The zero-order valence-corrected chi connectivity index (χ0v) is 10.2. The third-order valence-corrected chi connectivity index (χ3v) is 2.64. The lowest BCUT2D eigenvalue weighted by atomic mass is 10.1. The van der Waals surface area contributed by atoms with Crippen LogP contribution < -0.4 is 4.90 Å². The number of anilines is 1. The molecule has 1 aromatic carbocycles. The number of hydrogen-bond donors (Lipinski definition) is 0. The van der Waals surface area contributed by atoms with Crippen molar-refractivity contribution in [3.05, 3.63) is 29.3 Å². The van der Waals surface area contributed by atoms with Crippen LogP contribution in [0.2, 0.25) is 0 Å². The van der Waals surface area contributed by atoms with E-state index < -0.39 is 0 Å². The molecule has 0 saturated heterocycles. The van der Waals surface area contributed by atoms with E-state index in [-0.39, 0.29) is 0 Å². The SMILES string of the molecule is CCN(CCOC)c1ccc(C)cc1C. The molecule has 0 amide bonds. The number of hydrogen-bond acceptors (Lipinski definition) is 2. The smallest absolute Gasteiger partial charge is 0.0637 e. The Morgan fingerprint density at radius 3 is 2.53 bits per heavy atom. The molecular formula is C13H21NO. The first-order chi connectivity index (χ1) is 7.19. The Morgan fingerprint density at radius 1 is 1.27 bits per heavy atom. The van der Waals surface area contributed by atoms with Crippen LogP contribution in [0.25, 0.3) is 0 Å². The molecule has 0 unspecified atom stereocenters. The minimum absolute atomic E-state index is 0.779. The number of methoxy groups -OCH3 is 1. The largest absolute Gasteiger partial charge is 0.383 e. The van der Waals surface area contributed by atoms with Crippen LogP contribution in [-0.2, 0) is 4.74 Å². The second kappa shape index (κ2) is 5.76. The van der Waals surface area contributed by atoms with Crippen LogP contribution in [0.3, 0.4) is 0 Å². The third-order valence-electron chi connectivity index (χ3n) is 2.64. The van der Waals surface area contributed by atoms with E-state index >= 15 is 0 Å². The van der Waals surface area contributed by atoms with E-state index in [4.69, 9.17) is 4.74 Å².